The third-order valence-electron chi connectivity index (χ3n) is 3.95. The van der Waals surface area contributed by atoms with Gasteiger partial charge in [-0.2, -0.15) is 0 Å². The molecule has 3 rings (SSSR count). The van der Waals surface area contributed by atoms with Gasteiger partial charge in [0.15, 0.2) is 5.69 Å². The standard InChI is InChI=1S/C13H14N4O4/c1-16-8-3-9(8)17(5-10(16)18)12(19)11-7(14)2-6(4-15-11)13(20)21/h2,4,8-9H,3,5,14H2,1H3,(H,20,21)/t8-,9+/m1/s1. The molecule has 2 heterocycles. The molecule has 1 saturated heterocycles. The van der Waals surface area contributed by atoms with Crippen molar-refractivity contribution in [2.24, 2.45) is 0 Å². The van der Waals surface area contributed by atoms with Crippen molar-refractivity contribution >= 4 is 23.5 Å². The Bertz CT molecular complexity index is 660. The molecule has 2 aliphatic rings. The summed E-state index contributed by atoms with van der Waals surface area (Å²) in [5, 5.41) is 8.86. The lowest BCUT2D eigenvalue weighted by atomic mass is 10.2. The molecule has 21 heavy (non-hydrogen) atoms. The maximum absolute atomic E-state index is 12.5. The molecule has 0 aromatic carbocycles. The number of nitrogens with two attached hydrogens (primary N) is 1. The molecule has 1 saturated carbocycles. The zero-order valence-corrected chi connectivity index (χ0v) is 11.3. The fourth-order valence-corrected chi connectivity index (χ4v) is 2.62. The number of aromatic nitrogens is 1. The van der Waals surface area contributed by atoms with Crippen LogP contribution < -0.4 is 5.73 Å². The number of nitrogen functional groups attached to an aromatic ring is 1. The van der Waals surface area contributed by atoms with Gasteiger partial charge in [0.25, 0.3) is 5.91 Å². The predicted octanol–water partition coefficient (Wildman–Crippen LogP) is -0.583. The highest BCUT2D eigenvalue weighted by atomic mass is 16.4. The number of carbonyl (C=O) groups is 3. The van der Waals surface area contributed by atoms with Crippen LogP contribution in [-0.2, 0) is 4.79 Å². The number of likely N-dealkylation sites (N-methyl/N-ethyl adjacent to an activating group) is 1. The number of carboxylic acid groups (broad SMARTS) is 1. The minimum absolute atomic E-state index is 0.000510. The Kier molecular flexibility index (Phi) is 2.82. The number of carbonyl (C=O) groups excluding carboxylic acids is 2. The van der Waals surface area contributed by atoms with Crippen molar-refractivity contribution in [3.05, 3.63) is 23.5 Å². The Morgan fingerprint density at radius 1 is 1.43 bits per heavy atom. The third-order valence-corrected chi connectivity index (χ3v) is 3.95. The van der Waals surface area contributed by atoms with E-state index in [1.54, 1.807) is 11.9 Å². The van der Waals surface area contributed by atoms with Gasteiger partial charge >= 0.3 is 5.97 Å². The zero-order valence-electron chi connectivity index (χ0n) is 11.3. The van der Waals surface area contributed by atoms with Gasteiger partial charge < -0.3 is 20.6 Å². The van der Waals surface area contributed by atoms with E-state index < -0.39 is 11.9 Å². The van der Waals surface area contributed by atoms with Crippen molar-refractivity contribution < 1.29 is 19.5 Å². The fraction of sp³-hybridized carbons (Fsp3) is 0.385. The van der Waals surface area contributed by atoms with Crippen molar-refractivity contribution in [3.63, 3.8) is 0 Å². The lowest BCUT2D eigenvalue weighted by molar-refractivity contribution is -0.133. The van der Waals surface area contributed by atoms with Gasteiger partial charge in [-0.05, 0) is 12.5 Å². The molecule has 1 aromatic heterocycles. The molecule has 1 aliphatic carbocycles. The summed E-state index contributed by atoms with van der Waals surface area (Å²) < 4.78 is 0. The molecular weight excluding hydrogens is 276 g/mol. The van der Waals surface area contributed by atoms with Crippen LogP contribution in [0.5, 0.6) is 0 Å². The number of hydrogen-bond donors (Lipinski definition) is 2. The van der Waals surface area contributed by atoms with Crippen LogP contribution in [-0.4, -0.2) is 63.4 Å². The van der Waals surface area contributed by atoms with Gasteiger partial charge in [-0.15, -0.1) is 0 Å². The summed E-state index contributed by atoms with van der Waals surface area (Å²) in [6.45, 7) is -0.00168. The first kappa shape index (κ1) is 13.3. The second-order valence-corrected chi connectivity index (χ2v) is 5.28. The number of fused-ring (bicyclic) bond motifs is 1. The topological polar surface area (TPSA) is 117 Å². The van der Waals surface area contributed by atoms with Crippen molar-refractivity contribution in [3.8, 4) is 0 Å². The summed E-state index contributed by atoms with van der Waals surface area (Å²) >= 11 is 0. The highest BCUT2D eigenvalue weighted by Crippen LogP contribution is 2.37. The monoisotopic (exact) mass is 290 g/mol. The Balaban J connectivity index is 1.86. The van der Waals surface area contributed by atoms with Crippen molar-refractivity contribution in [1.82, 2.24) is 14.8 Å². The average Bonchev–Trinajstić information content (AvgIpc) is 3.22. The van der Waals surface area contributed by atoms with Crippen molar-refractivity contribution in [2.75, 3.05) is 19.3 Å². The highest BCUT2D eigenvalue weighted by Gasteiger charge is 2.52. The van der Waals surface area contributed by atoms with Crippen LogP contribution in [0.15, 0.2) is 12.3 Å². The van der Waals surface area contributed by atoms with Gasteiger partial charge in [-0.3, -0.25) is 9.59 Å². The molecule has 1 aliphatic heterocycles. The van der Waals surface area contributed by atoms with E-state index in [2.05, 4.69) is 4.98 Å². The van der Waals surface area contributed by atoms with Crippen LogP contribution in [0, 0.1) is 0 Å². The lowest BCUT2D eigenvalue weighted by Gasteiger charge is -2.31. The number of amides is 2. The maximum Gasteiger partial charge on any atom is 0.337 e. The highest BCUT2D eigenvalue weighted by molar-refractivity contribution is 6.01. The molecule has 0 unspecified atom stereocenters. The summed E-state index contributed by atoms with van der Waals surface area (Å²) in [5.41, 5.74) is 5.63. The molecule has 0 radical (unpaired) electrons. The SMILES string of the molecule is CN1C(=O)CN(C(=O)c2ncc(C(=O)O)cc2N)[C@H]2C[C@H]21. The maximum atomic E-state index is 12.5. The largest absolute Gasteiger partial charge is 0.478 e. The number of rotatable bonds is 2. The van der Waals surface area contributed by atoms with E-state index in [-0.39, 0.29) is 41.5 Å². The normalized spacial score (nSPS) is 23.8. The summed E-state index contributed by atoms with van der Waals surface area (Å²) in [7, 11) is 1.73. The van der Waals surface area contributed by atoms with Gasteiger partial charge in [0.05, 0.1) is 23.3 Å². The van der Waals surface area contributed by atoms with Gasteiger partial charge in [0, 0.05) is 13.2 Å². The first-order valence-corrected chi connectivity index (χ1v) is 6.45. The Morgan fingerprint density at radius 2 is 2.14 bits per heavy atom. The van der Waals surface area contributed by atoms with E-state index >= 15 is 0 Å². The van der Waals surface area contributed by atoms with E-state index in [9.17, 15) is 14.4 Å². The van der Waals surface area contributed by atoms with E-state index in [1.807, 2.05) is 0 Å². The molecule has 0 bridgehead atoms. The molecule has 2 atom stereocenters. The van der Waals surface area contributed by atoms with Gasteiger partial charge in [0.1, 0.15) is 6.54 Å². The van der Waals surface area contributed by atoms with Crippen molar-refractivity contribution in [1.29, 1.82) is 0 Å². The van der Waals surface area contributed by atoms with Crippen molar-refractivity contribution in [2.45, 2.75) is 18.5 Å². The average molecular weight is 290 g/mol. The van der Waals surface area contributed by atoms with Crippen LogP contribution in [0.25, 0.3) is 0 Å². The second kappa shape index (κ2) is 4.44. The van der Waals surface area contributed by atoms with E-state index in [0.29, 0.717) is 0 Å². The van der Waals surface area contributed by atoms with Crippen LogP contribution in [0.4, 0.5) is 5.69 Å². The molecule has 3 N–H and O–H groups in total. The van der Waals surface area contributed by atoms with E-state index in [1.165, 1.54) is 11.0 Å². The molecule has 110 valence electrons. The van der Waals surface area contributed by atoms with Crippen LogP contribution in [0.2, 0.25) is 0 Å². The minimum Gasteiger partial charge on any atom is -0.478 e. The number of pyridine rings is 1. The van der Waals surface area contributed by atoms with Gasteiger partial charge in [0.2, 0.25) is 5.91 Å². The Hall–Kier alpha value is -2.64. The van der Waals surface area contributed by atoms with Crippen LogP contribution >= 0.6 is 0 Å². The van der Waals surface area contributed by atoms with Crippen LogP contribution in [0.3, 0.4) is 0 Å². The summed E-state index contributed by atoms with van der Waals surface area (Å²) in [6.07, 6.45) is 1.84. The number of nitrogens with zero attached hydrogens (tertiary/aromatic N) is 3. The first-order valence-electron chi connectivity index (χ1n) is 6.45. The first-order chi connectivity index (χ1) is 9.90. The summed E-state index contributed by atoms with van der Waals surface area (Å²) in [5.74, 6) is -1.72. The quantitative estimate of drug-likeness (QED) is 0.752. The summed E-state index contributed by atoms with van der Waals surface area (Å²) in [6, 6.07) is 1.26. The summed E-state index contributed by atoms with van der Waals surface area (Å²) in [4.78, 5) is 42.1. The number of anilines is 1. The molecule has 1 aromatic rings. The number of hydrogen-bond acceptors (Lipinski definition) is 5. The molecule has 2 fully saturated rings. The Morgan fingerprint density at radius 3 is 2.76 bits per heavy atom. The zero-order chi connectivity index (χ0) is 15.3. The van der Waals surface area contributed by atoms with Gasteiger partial charge in [-0.1, -0.05) is 0 Å². The third kappa shape index (κ3) is 2.08. The molecular formula is C13H14N4O4. The number of aromatic carboxylic acids is 1. The number of carboxylic acids is 1. The smallest absolute Gasteiger partial charge is 0.337 e. The molecule has 0 spiro atoms. The number of piperazine rings is 1. The van der Waals surface area contributed by atoms with Gasteiger partial charge in [-0.25, -0.2) is 9.78 Å². The second-order valence-electron chi connectivity index (χ2n) is 5.28. The minimum atomic E-state index is -1.16. The Labute approximate surface area is 120 Å². The van der Waals surface area contributed by atoms with E-state index in [0.717, 1.165) is 12.6 Å². The molecule has 8 nitrogen and oxygen atoms in total. The van der Waals surface area contributed by atoms with E-state index in [4.69, 9.17) is 10.8 Å². The predicted molar refractivity (Wildman–Crippen MR) is 71.6 cm³/mol. The fourth-order valence-electron chi connectivity index (χ4n) is 2.62. The van der Waals surface area contributed by atoms with Crippen LogP contribution in [0.1, 0.15) is 27.3 Å². The molecule has 2 amide bonds. The lowest BCUT2D eigenvalue weighted by Crippen LogP contribution is -2.50. The molecule has 8 heteroatoms.